The van der Waals surface area contributed by atoms with E-state index >= 15 is 0 Å². The van der Waals surface area contributed by atoms with Crippen LogP contribution in [0.15, 0.2) is 23.3 Å². The van der Waals surface area contributed by atoms with Crippen molar-refractivity contribution in [3.8, 4) is 0 Å². The van der Waals surface area contributed by atoms with Gasteiger partial charge in [-0.2, -0.15) is 0 Å². The molecule has 6 nitrogen and oxygen atoms in total. The van der Waals surface area contributed by atoms with Crippen LogP contribution < -0.4 is 10.7 Å². The highest BCUT2D eigenvalue weighted by Crippen LogP contribution is 2.08. The van der Waals surface area contributed by atoms with Gasteiger partial charge in [0.25, 0.3) is 5.91 Å². The van der Waals surface area contributed by atoms with E-state index in [-0.39, 0.29) is 29.9 Å². The fraction of sp³-hybridized carbons (Fsp3) is 0.462. The number of carbonyl (C=O) groups is 2. The Morgan fingerprint density at radius 2 is 2.05 bits per heavy atom. The molecule has 1 fully saturated rings. The third kappa shape index (κ3) is 3.43. The number of likely N-dealkylation sites (tertiary alicyclic amines) is 1. The Bertz CT molecular complexity index is 518. The molecular formula is C13H17N3O3. The van der Waals surface area contributed by atoms with Crippen molar-refractivity contribution in [2.45, 2.75) is 19.3 Å². The molecule has 0 aromatic carbocycles. The molecule has 1 aromatic rings. The molecule has 2 rings (SSSR count). The monoisotopic (exact) mass is 263 g/mol. The van der Waals surface area contributed by atoms with Crippen molar-refractivity contribution in [2.75, 3.05) is 19.6 Å². The molecule has 6 heteroatoms. The fourth-order valence-corrected chi connectivity index (χ4v) is 2.10. The first kappa shape index (κ1) is 13.3. The van der Waals surface area contributed by atoms with Crippen molar-refractivity contribution in [1.29, 1.82) is 0 Å². The minimum absolute atomic E-state index is 0.0553. The summed E-state index contributed by atoms with van der Waals surface area (Å²) in [6.45, 7) is 1.87. The molecule has 19 heavy (non-hydrogen) atoms. The zero-order chi connectivity index (χ0) is 13.7. The Morgan fingerprint density at radius 3 is 2.74 bits per heavy atom. The van der Waals surface area contributed by atoms with Gasteiger partial charge in [0, 0.05) is 44.5 Å². The number of hydrogen-bond donors (Lipinski definition) is 2. The molecule has 0 unspecified atom stereocenters. The van der Waals surface area contributed by atoms with Gasteiger partial charge in [0.05, 0.1) is 0 Å². The average Bonchev–Trinajstić information content (AvgIpc) is 2.93. The maximum absolute atomic E-state index is 11.7. The molecule has 1 aliphatic heterocycles. The predicted molar refractivity (Wildman–Crippen MR) is 69.8 cm³/mol. The van der Waals surface area contributed by atoms with E-state index in [0.29, 0.717) is 0 Å². The van der Waals surface area contributed by atoms with Crippen LogP contribution in [0.25, 0.3) is 0 Å². The van der Waals surface area contributed by atoms with Crippen LogP contribution in [0.1, 0.15) is 29.6 Å². The van der Waals surface area contributed by atoms with Gasteiger partial charge in [-0.1, -0.05) is 0 Å². The van der Waals surface area contributed by atoms with Crippen molar-refractivity contribution in [1.82, 2.24) is 15.2 Å². The molecule has 1 aromatic heterocycles. The molecule has 0 saturated carbocycles. The van der Waals surface area contributed by atoms with Crippen LogP contribution in [0.3, 0.4) is 0 Å². The van der Waals surface area contributed by atoms with Gasteiger partial charge in [0.1, 0.15) is 5.56 Å². The van der Waals surface area contributed by atoms with Crippen molar-refractivity contribution < 1.29 is 9.59 Å². The van der Waals surface area contributed by atoms with Gasteiger partial charge < -0.3 is 15.2 Å². The van der Waals surface area contributed by atoms with Gasteiger partial charge in [-0.15, -0.1) is 0 Å². The summed E-state index contributed by atoms with van der Waals surface area (Å²) >= 11 is 0. The summed E-state index contributed by atoms with van der Waals surface area (Å²) in [5.74, 6) is -0.393. The summed E-state index contributed by atoms with van der Waals surface area (Å²) in [6, 6.07) is 1.30. The highest BCUT2D eigenvalue weighted by atomic mass is 16.2. The number of rotatable bonds is 4. The van der Waals surface area contributed by atoms with Crippen molar-refractivity contribution in [3.05, 3.63) is 34.2 Å². The zero-order valence-electron chi connectivity index (χ0n) is 10.6. The summed E-state index contributed by atoms with van der Waals surface area (Å²) in [7, 11) is 0. The van der Waals surface area contributed by atoms with Crippen LogP contribution in [-0.2, 0) is 4.79 Å². The van der Waals surface area contributed by atoms with Gasteiger partial charge in [0.15, 0.2) is 5.43 Å². The van der Waals surface area contributed by atoms with Gasteiger partial charge in [0.2, 0.25) is 5.91 Å². The number of amides is 2. The van der Waals surface area contributed by atoms with Crippen LogP contribution >= 0.6 is 0 Å². The van der Waals surface area contributed by atoms with Crippen molar-refractivity contribution in [3.63, 3.8) is 0 Å². The predicted octanol–water partition coefficient (Wildman–Crippen LogP) is 0.117. The highest BCUT2D eigenvalue weighted by molar-refractivity contribution is 5.93. The Hall–Kier alpha value is -2.11. The molecule has 2 amide bonds. The molecule has 1 saturated heterocycles. The number of nitrogens with zero attached hydrogens (tertiary/aromatic N) is 1. The molecule has 2 heterocycles. The lowest BCUT2D eigenvalue weighted by atomic mass is 10.2. The SMILES string of the molecule is O=C(NCCC(=O)N1CCCC1)c1c[nH]ccc1=O. The minimum atomic E-state index is -0.448. The maximum atomic E-state index is 11.7. The van der Waals surface area contributed by atoms with Crippen molar-refractivity contribution in [2.24, 2.45) is 0 Å². The summed E-state index contributed by atoms with van der Waals surface area (Å²) in [5, 5.41) is 2.59. The van der Waals surface area contributed by atoms with E-state index in [4.69, 9.17) is 0 Å². The smallest absolute Gasteiger partial charge is 0.256 e. The first-order valence-corrected chi connectivity index (χ1v) is 6.41. The van der Waals surface area contributed by atoms with Crippen LogP contribution in [0.5, 0.6) is 0 Å². The second-order valence-corrected chi connectivity index (χ2v) is 4.52. The summed E-state index contributed by atoms with van der Waals surface area (Å²) in [4.78, 5) is 39.4. The van der Waals surface area contributed by atoms with E-state index in [1.807, 2.05) is 4.90 Å². The number of hydrogen-bond acceptors (Lipinski definition) is 3. The first-order chi connectivity index (χ1) is 9.18. The lowest BCUT2D eigenvalue weighted by molar-refractivity contribution is -0.129. The number of aromatic nitrogens is 1. The number of H-pyrrole nitrogens is 1. The van der Waals surface area contributed by atoms with Gasteiger partial charge >= 0.3 is 0 Å². The van der Waals surface area contributed by atoms with Crippen LogP contribution in [-0.4, -0.2) is 41.3 Å². The molecular weight excluding hydrogens is 246 g/mol. The third-order valence-corrected chi connectivity index (χ3v) is 3.15. The van der Waals surface area contributed by atoms with Crippen LogP contribution in [0, 0.1) is 0 Å². The largest absolute Gasteiger partial charge is 0.367 e. The number of nitrogens with one attached hydrogen (secondary N) is 2. The summed E-state index contributed by atoms with van der Waals surface area (Å²) in [5.41, 5.74) is -0.266. The highest BCUT2D eigenvalue weighted by Gasteiger charge is 2.17. The maximum Gasteiger partial charge on any atom is 0.256 e. The lowest BCUT2D eigenvalue weighted by Gasteiger charge is -2.15. The molecule has 0 atom stereocenters. The van der Waals surface area contributed by atoms with Crippen LogP contribution in [0.2, 0.25) is 0 Å². The van der Waals surface area contributed by atoms with Gasteiger partial charge in [-0.3, -0.25) is 14.4 Å². The molecule has 0 aliphatic carbocycles. The van der Waals surface area contributed by atoms with E-state index in [0.717, 1.165) is 25.9 Å². The van der Waals surface area contributed by atoms with E-state index < -0.39 is 5.91 Å². The Kier molecular flexibility index (Phi) is 4.33. The Labute approximate surface area is 110 Å². The normalized spacial score (nSPS) is 14.4. The van der Waals surface area contributed by atoms with E-state index in [1.54, 1.807) is 0 Å². The quantitative estimate of drug-likeness (QED) is 0.809. The van der Waals surface area contributed by atoms with Crippen molar-refractivity contribution >= 4 is 11.8 Å². The van der Waals surface area contributed by atoms with E-state index in [2.05, 4.69) is 10.3 Å². The first-order valence-electron chi connectivity index (χ1n) is 6.41. The van der Waals surface area contributed by atoms with E-state index in [9.17, 15) is 14.4 Å². The van der Waals surface area contributed by atoms with Gasteiger partial charge in [-0.05, 0) is 12.8 Å². The third-order valence-electron chi connectivity index (χ3n) is 3.15. The number of pyridine rings is 1. The van der Waals surface area contributed by atoms with E-state index in [1.165, 1.54) is 18.5 Å². The molecule has 0 spiro atoms. The summed E-state index contributed by atoms with van der Waals surface area (Å²) < 4.78 is 0. The molecule has 2 N–H and O–H groups in total. The second-order valence-electron chi connectivity index (χ2n) is 4.52. The Balaban J connectivity index is 1.79. The minimum Gasteiger partial charge on any atom is -0.367 e. The topological polar surface area (TPSA) is 82.3 Å². The Morgan fingerprint density at radius 1 is 1.32 bits per heavy atom. The van der Waals surface area contributed by atoms with Gasteiger partial charge in [-0.25, -0.2) is 0 Å². The number of aromatic amines is 1. The average molecular weight is 263 g/mol. The molecule has 0 radical (unpaired) electrons. The molecule has 0 bridgehead atoms. The van der Waals surface area contributed by atoms with Crippen LogP contribution in [0.4, 0.5) is 0 Å². The fourth-order valence-electron chi connectivity index (χ4n) is 2.10. The standard InChI is InChI=1S/C13H17N3O3/c17-11-3-5-14-9-10(11)13(19)15-6-4-12(18)16-7-1-2-8-16/h3,5,9H,1-2,4,6-8H2,(H,14,17)(H,15,19). The zero-order valence-corrected chi connectivity index (χ0v) is 10.6. The molecule has 102 valence electrons. The lowest BCUT2D eigenvalue weighted by Crippen LogP contribution is -2.34. The molecule has 1 aliphatic rings. The summed E-state index contributed by atoms with van der Waals surface area (Å²) in [6.07, 6.45) is 5.21. The second kappa shape index (κ2) is 6.17. The number of carbonyl (C=O) groups excluding carboxylic acids is 2.